The van der Waals surface area contributed by atoms with Gasteiger partial charge < -0.3 is 9.47 Å². The summed E-state index contributed by atoms with van der Waals surface area (Å²) in [5.41, 5.74) is -0.860. The molecule has 0 radical (unpaired) electrons. The van der Waals surface area contributed by atoms with Crippen molar-refractivity contribution in [2.24, 2.45) is 0 Å². The Morgan fingerprint density at radius 2 is 1.40 bits per heavy atom. The van der Waals surface area contributed by atoms with Crippen molar-refractivity contribution in [1.82, 2.24) is 4.31 Å². The molecule has 3 aromatic rings. The number of carbonyl (C=O) groups excluding carboxylic acids is 2. The van der Waals surface area contributed by atoms with E-state index >= 15 is 0 Å². The quantitative estimate of drug-likeness (QED) is 0.264. The molecule has 10 heteroatoms. The lowest BCUT2D eigenvalue weighted by Crippen LogP contribution is -2.53. The van der Waals surface area contributed by atoms with E-state index in [0.717, 1.165) is 15.4 Å². The van der Waals surface area contributed by atoms with Crippen LogP contribution >= 0.6 is 11.6 Å². The minimum atomic E-state index is -4.45. The van der Waals surface area contributed by atoms with Gasteiger partial charge in [-0.3, -0.25) is 4.79 Å². The summed E-state index contributed by atoms with van der Waals surface area (Å²) in [4.78, 5) is 27.1. The predicted octanol–water partition coefficient (Wildman–Crippen LogP) is 6.48. The van der Waals surface area contributed by atoms with Crippen molar-refractivity contribution in [2.75, 3.05) is 6.54 Å². The first-order valence-electron chi connectivity index (χ1n) is 13.8. The number of halogens is 1. The summed E-state index contributed by atoms with van der Waals surface area (Å²) < 4.78 is 41.1. The van der Waals surface area contributed by atoms with Gasteiger partial charge in [-0.2, -0.15) is 9.57 Å². The fourth-order valence-electron chi connectivity index (χ4n) is 4.93. The van der Waals surface area contributed by atoms with E-state index in [9.17, 15) is 23.3 Å². The first-order chi connectivity index (χ1) is 20.0. The smallest absolute Gasteiger partial charge is 0.328 e. The van der Waals surface area contributed by atoms with Crippen molar-refractivity contribution >= 4 is 33.6 Å². The average molecular weight is 623 g/mol. The molecule has 1 fully saturated rings. The van der Waals surface area contributed by atoms with Crippen LogP contribution in [0.3, 0.4) is 0 Å². The van der Waals surface area contributed by atoms with Crippen LogP contribution in [0.1, 0.15) is 65.0 Å². The summed E-state index contributed by atoms with van der Waals surface area (Å²) in [6, 6.07) is 22.0. The Kier molecular flexibility index (Phi) is 8.81. The largest absolute Gasteiger partial charge is 0.459 e. The third-order valence-electron chi connectivity index (χ3n) is 6.88. The van der Waals surface area contributed by atoms with Gasteiger partial charge >= 0.3 is 11.9 Å². The Bertz CT molecular complexity index is 1650. The van der Waals surface area contributed by atoms with Crippen LogP contribution in [0.4, 0.5) is 0 Å². The lowest BCUT2D eigenvalue weighted by molar-refractivity contribution is -0.163. The second kappa shape index (κ2) is 11.8. The molecular formula is C33H35ClN2O6S. The van der Waals surface area contributed by atoms with Crippen LogP contribution in [0.5, 0.6) is 0 Å². The fourth-order valence-corrected chi connectivity index (χ4v) is 6.77. The van der Waals surface area contributed by atoms with Gasteiger partial charge in [-0.25, -0.2) is 13.2 Å². The number of hydrogen-bond acceptors (Lipinski definition) is 7. The highest BCUT2D eigenvalue weighted by Crippen LogP contribution is 2.58. The Hall–Kier alpha value is -3.71. The van der Waals surface area contributed by atoms with E-state index in [1.54, 1.807) is 90.1 Å². The van der Waals surface area contributed by atoms with Gasteiger partial charge in [0, 0.05) is 10.9 Å². The molecule has 0 spiro atoms. The lowest BCUT2D eigenvalue weighted by atomic mass is 10.0. The van der Waals surface area contributed by atoms with Crippen LogP contribution in [-0.2, 0) is 29.1 Å². The van der Waals surface area contributed by atoms with Gasteiger partial charge in [0.05, 0.1) is 16.5 Å². The minimum absolute atomic E-state index is 0.0820. The molecule has 226 valence electrons. The third kappa shape index (κ3) is 7.27. The number of hydrogen-bond donors (Lipinski definition) is 0. The Balaban J connectivity index is 1.82. The summed E-state index contributed by atoms with van der Waals surface area (Å²) in [5.74, 6) is -2.19. The van der Waals surface area contributed by atoms with E-state index in [1.807, 2.05) is 12.1 Å². The molecule has 0 unspecified atom stereocenters. The van der Waals surface area contributed by atoms with Gasteiger partial charge in [0.2, 0.25) is 10.0 Å². The maximum absolute atomic E-state index is 14.4. The highest BCUT2D eigenvalue weighted by atomic mass is 35.5. The highest BCUT2D eigenvalue weighted by Gasteiger charge is 2.69. The van der Waals surface area contributed by atoms with Crippen molar-refractivity contribution in [3.63, 3.8) is 0 Å². The minimum Gasteiger partial charge on any atom is -0.459 e. The van der Waals surface area contributed by atoms with Crippen LogP contribution < -0.4 is 0 Å². The molecule has 0 heterocycles. The summed E-state index contributed by atoms with van der Waals surface area (Å²) in [7, 11) is -4.45. The molecular weight excluding hydrogens is 588 g/mol. The molecule has 0 aromatic heterocycles. The predicted molar refractivity (Wildman–Crippen MR) is 164 cm³/mol. The molecule has 1 aliphatic rings. The number of nitrogens with zero attached hydrogens (tertiary/aromatic N) is 2. The molecule has 8 nitrogen and oxygen atoms in total. The SMILES string of the molecule is CC(C)(C)OC(=O)CN([C@@]1(C(=O)OC(C)(C)C)C[C@@H]1c1ccc(C#N)cc1)S(=O)(=O)c1ccc(-c2ccc(Cl)cc2)cc1. The van der Waals surface area contributed by atoms with Crippen molar-refractivity contribution < 1.29 is 27.5 Å². The number of carbonyl (C=O) groups is 2. The van der Waals surface area contributed by atoms with Gasteiger partial charge in [-0.1, -0.05) is 48.0 Å². The molecule has 3 aromatic carbocycles. The van der Waals surface area contributed by atoms with Crippen molar-refractivity contribution in [2.45, 2.75) is 75.5 Å². The van der Waals surface area contributed by atoms with Crippen LogP contribution in [0.25, 0.3) is 11.1 Å². The summed E-state index contributed by atoms with van der Waals surface area (Å²) in [5, 5.41) is 9.83. The van der Waals surface area contributed by atoms with Crippen LogP contribution in [0, 0.1) is 11.3 Å². The van der Waals surface area contributed by atoms with Gasteiger partial charge in [0.15, 0.2) is 0 Å². The molecule has 0 aliphatic heterocycles. The van der Waals surface area contributed by atoms with Crippen LogP contribution in [-0.4, -0.2) is 47.9 Å². The zero-order valence-corrected chi connectivity index (χ0v) is 26.6. The standard InChI is InChI=1S/C33H35ClN2O6S/c1-31(2,3)41-29(37)21-36(43(39,40)27-17-13-24(14-18-27)23-11-15-26(34)16-12-23)33(30(38)42-32(4,5)6)19-28(33)25-9-7-22(20-35)8-10-25/h7-18,28H,19,21H2,1-6H3/t28-,33+/m1/s1. The van der Waals surface area contributed by atoms with Crippen molar-refractivity contribution in [3.8, 4) is 17.2 Å². The van der Waals surface area contributed by atoms with Crippen LogP contribution in [0.2, 0.25) is 5.02 Å². The fraction of sp³-hybridized carbons (Fsp3) is 0.364. The number of benzene rings is 3. The van der Waals surface area contributed by atoms with Gasteiger partial charge in [-0.05, 0) is 101 Å². The number of ether oxygens (including phenoxy) is 2. The maximum Gasteiger partial charge on any atom is 0.328 e. The maximum atomic E-state index is 14.4. The lowest BCUT2D eigenvalue weighted by Gasteiger charge is -2.33. The zero-order valence-electron chi connectivity index (χ0n) is 25.0. The molecule has 0 amide bonds. The third-order valence-corrected chi connectivity index (χ3v) is 9.04. The van der Waals surface area contributed by atoms with E-state index in [-0.39, 0.29) is 11.3 Å². The topological polar surface area (TPSA) is 114 Å². The Morgan fingerprint density at radius 3 is 1.88 bits per heavy atom. The summed E-state index contributed by atoms with van der Waals surface area (Å²) >= 11 is 6.01. The number of sulfonamides is 1. The number of esters is 2. The van der Waals surface area contributed by atoms with E-state index in [2.05, 4.69) is 6.07 Å². The molecule has 0 bridgehead atoms. The van der Waals surface area contributed by atoms with E-state index < -0.39 is 51.2 Å². The zero-order chi connectivity index (χ0) is 31.8. The molecule has 1 saturated carbocycles. The highest BCUT2D eigenvalue weighted by molar-refractivity contribution is 7.89. The molecule has 2 atom stereocenters. The molecule has 0 saturated heterocycles. The number of nitriles is 1. The normalized spacial score (nSPS) is 18.5. The average Bonchev–Trinajstić information content (AvgIpc) is 3.67. The molecule has 1 aliphatic carbocycles. The second-order valence-corrected chi connectivity index (χ2v) is 14.8. The Morgan fingerprint density at radius 1 is 0.884 bits per heavy atom. The molecule has 43 heavy (non-hydrogen) atoms. The van der Waals surface area contributed by atoms with E-state index in [4.69, 9.17) is 21.1 Å². The van der Waals surface area contributed by atoms with Gasteiger partial charge in [0.25, 0.3) is 0 Å². The second-order valence-electron chi connectivity index (χ2n) is 12.5. The summed E-state index contributed by atoms with van der Waals surface area (Å²) in [6.45, 7) is 9.42. The van der Waals surface area contributed by atoms with Crippen molar-refractivity contribution in [3.05, 3.63) is 88.9 Å². The monoisotopic (exact) mass is 622 g/mol. The molecule has 0 N–H and O–H groups in total. The summed E-state index contributed by atoms with van der Waals surface area (Å²) in [6.07, 6.45) is 0.0820. The number of rotatable bonds is 8. The van der Waals surface area contributed by atoms with Gasteiger partial charge in [-0.15, -0.1) is 0 Å². The molecule has 4 rings (SSSR count). The first-order valence-corrected chi connectivity index (χ1v) is 15.6. The van der Waals surface area contributed by atoms with Gasteiger partial charge in [0.1, 0.15) is 23.3 Å². The van der Waals surface area contributed by atoms with Crippen molar-refractivity contribution in [1.29, 1.82) is 5.26 Å². The van der Waals surface area contributed by atoms with E-state index in [0.29, 0.717) is 16.1 Å². The first kappa shape index (κ1) is 32.2. The van der Waals surface area contributed by atoms with E-state index in [1.165, 1.54) is 12.1 Å². The van der Waals surface area contributed by atoms with Crippen LogP contribution in [0.15, 0.2) is 77.7 Å². The Labute approximate surface area is 258 Å².